The number of aliphatic hydroxyl groups excluding tert-OH is 1. The summed E-state index contributed by atoms with van der Waals surface area (Å²) in [6.45, 7) is 0.792. The van der Waals surface area contributed by atoms with Crippen molar-refractivity contribution >= 4 is 33.3 Å². The van der Waals surface area contributed by atoms with Gasteiger partial charge in [-0.25, -0.2) is 32.0 Å². The largest absolute Gasteiger partial charge is 0.446 e. The zero-order chi connectivity index (χ0) is 24.6. The minimum absolute atomic E-state index is 0.127. The Kier molecular flexibility index (Phi) is 6.92. The number of hydrogen-bond acceptors (Lipinski definition) is 8. The van der Waals surface area contributed by atoms with Crippen LogP contribution in [0.4, 0.5) is 19.4 Å². The van der Waals surface area contributed by atoms with E-state index in [1.165, 1.54) is 11.9 Å². The van der Waals surface area contributed by atoms with Gasteiger partial charge >= 0.3 is 6.09 Å². The highest BCUT2D eigenvalue weighted by molar-refractivity contribution is 7.90. The number of carbonyl (C=O) groups is 1. The van der Waals surface area contributed by atoms with Crippen molar-refractivity contribution in [2.24, 2.45) is 0 Å². The molecule has 0 bridgehead atoms. The lowest BCUT2D eigenvalue weighted by Crippen LogP contribution is -2.41. The highest BCUT2D eigenvalue weighted by Gasteiger charge is 2.34. The maximum Gasteiger partial charge on any atom is 0.409 e. The van der Waals surface area contributed by atoms with Crippen LogP contribution in [0.3, 0.4) is 0 Å². The number of aromatic nitrogens is 2. The topological polar surface area (TPSA) is 113 Å². The lowest BCUT2D eigenvalue weighted by molar-refractivity contribution is 0.0539. The second-order valence-corrected chi connectivity index (χ2v) is 10.8. The molecule has 0 aliphatic carbocycles. The first-order valence-corrected chi connectivity index (χ1v) is 12.8. The minimum atomic E-state index is -3.45. The van der Waals surface area contributed by atoms with Gasteiger partial charge in [0.15, 0.2) is 15.7 Å². The molecule has 1 aromatic carbocycles. The Morgan fingerprint density at radius 3 is 2.62 bits per heavy atom. The molecule has 1 fully saturated rings. The number of rotatable bonds is 5. The fraction of sp³-hybridized carbons (Fsp3) is 0.476. The first-order valence-electron chi connectivity index (χ1n) is 10.6. The average Bonchev–Trinajstić information content (AvgIpc) is 3.10. The number of fused-ring (bicyclic) bond motifs is 1. The van der Waals surface area contributed by atoms with E-state index in [0.717, 1.165) is 12.1 Å². The molecule has 1 amide bonds. The molecule has 13 heteroatoms. The van der Waals surface area contributed by atoms with Crippen LogP contribution in [-0.4, -0.2) is 73.9 Å². The predicted molar refractivity (Wildman–Crippen MR) is 120 cm³/mol. The molecule has 2 aliphatic rings. The third kappa shape index (κ3) is 5.08. The molecule has 0 spiro atoms. The van der Waals surface area contributed by atoms with E-state index in [4.69, 9.17) is 21.4 Å². The van der Waals surface area contributed by atoms with Crippen molar-refractivity contribution in [1.82, 2.24) is 14.9 Å². The summed E-state index contributed by atoms with van der Waals surface area (Å²) in [4.78, 5) is 23.9. The van der Waals surface area contributed by atoms with Gasteiger partial charge in [-0.15, -0.1) is 0 Å². The molecule has 1 N–H and O–H groups in total. The van der Waals surface area contributed by atoms with E-state index in [-0.39, 0.29) is 52.9 Å². The molecule has 9 nitrogen and oxygen atoms in total. The lowest BCUT2D eigenvalue weighted by Gasteiger charge is -2.34. The number of aliphatic hydroxyl groups is 1. The molecule has 0 saturated carbocycles. The van der Waals surface area contributed by atoms with Gasteiger partial charge in [0.1, 0.15) is 23.6 Å². The molecule has 184 valence electrons. The molecule has 1 saturated heterocycles. The lowest BCUT2D eigenvalue weighted by atomic mass is 10.1. The number of ether oxygens (including phenoxy) is 1. The Balaban J connectivity index is 1.60. The SMILES string of the molecule is CN(CCO)C(=O)OC1CCN(c2nc(-c3cc(F)c(Cl)cc3F)nc3c2CS(=O)(=O)C3)CC1. The predicted octanol–water partition coefficient (Wildman–Crippen LogP) is 2.53. The van der Waals surface area contributed by atoms with Crippen LogP contribution < -0.4 is 4.90 Å². The van der Waals surface area contributed by atoms with Gasteiger partial charge in [0, 0.05) is 45.1 Å². The van der Waals surface area contributed by atoms with Gasteiger partial charge in [-0.3, -0.25) is 0 Å². The average molecular weight is 517 g/mol. The smallest absolute Gasteiger partial charge is 0.409 e. The molecular weight excluding hydrogens is 494 g/mol. The van der Waals surface area contributed by atoms with E-state index >= 15 is 0 Å². The Hall–Kier alpha value is -2.57. The van der Waals surface area contributed by atoms with E-state index in [1.807, 2.05) is 4.90 Å². The van der Waals surface area contributed by atoms with Crippen LogP contribution >= 0.6 is 11.6 Å². The van der Waals surface area contributed by atoms with Gasteiger partial charge < -0.3 is 19.6 Å². The molecule has 2 aliphatic heterocycles. The fourth-order valence-electron chi connectivity index (χ4n) is 4.00. The van der Waals surface area contributed by atoms with Crippen LogP contribution in [0.5, 0.6) is 0 Å². The highest BCUT2D eigenvalue weighted by atomic mass is 35.5. The van der Waals surface area contributed by atoms with Gasteiger partial charge in [-0.1, -0.05) is 11.6 Å². The van der Waals surface area contributed by atoms with Crippen LogP contribution in [0.1, 0.15) is 24.1 Å². The Labute approximate surface area is 200 Å². The molecular formula is C21H23ClF2N4O5S. The van der Waals surface area contributed by atoms with Gasteiger partial charge in [0.25, 0.3) is 0 Å². The summed E-state index contributed by atoms with van der Waals surface area (Å²) >= 11 is 5.65. The first-order chi connectivity index (χ1) is 16.1. The number of sulfone groups is 1. The number of piperidine rings is 1. The summed E-state index contributed by atoms with van der Waals surface area (Å²) in [7, 11) is -1.92. The fourth-order valence-corrected chi connectivity index (χ4v) is 5.64. The number of nitrogens with zero attached hydrogens (tertiary/aromatic N) is 4. The molecule has 4 rings (SSSR count). The number of hydrogen-bond donors (Lipinski definition) is 1. The monoisotopic (exact) mass is 516 g/mol. The molecule has 0 atom stereocenters. The summed E-state index contributed by atoms with van der Waals surface area (Å²) in [5.74, 6) is -2.00. The van der Waals surface area contributed by atoms with Crippen molar-refractivity contribution < 1.29 is 31.8 Å². The van der Waals surface area contributed by atoms with Gasteiger partial charge in [0.2, 0.25) is 0 Å². The zero-order valence-electron chi connectivity index (χ0n) is 18.3. The van der Waals surface area contributed by atoms with Crippen molar-refractivity contribution in [1.29, 1.82) is 0 Å². The maximum absolute atomic E-state index is 14.6. The third-order valence-electron chi connectivity index (χ3n) is 5.80. The summed E-state index contributed by atoms with van der Waals surface area (Å²) < 4.78 is 58.7. The standard InChI is InChI=1S/C21H23ClF2N4O5S/c1-27(6-7-29)21(30)33-12-2-4-28(5-3-12)20-14-10-34(31,32)11-18(14)25-19(26-20)13-8-17(24)15(22)9-16(13)23/h8-9,12,29H,2-7,10-11H2,1H3. The van der Waals surface area contributed by atoms with E-state index in [0.29, 0.717) is 37.3 Å². The van der Waals surface area contributed by atoms with Crippen molar-refractivity contribution in [2.75, 3.05) is 38.2 Å². The molecule has 0 radical (unpaired) electrons. The normalized spacial score (nSPS) is 17.5. The zero-order valence-corrected chi connectivity index (χ0v) is 19.9. The first kappa shape index (κ1) is 24.6. The Bertz CT molecular complexity index is 1220. The summed E-state index contributed by atoms with van der Waals surface area (Å²) in [6.07, 6.45) is 0.0299. The van der Waals surface area contributed by atoms with Crippen LogP contribution in [0, 0.1) is 11.6 Å². The van der Waals surface area contributed by atoms with Gasteiger partial charge in [-0.2, -0.15) is 0 Å². The second-order valence-electron chi connectivity index (χ2n) is 8.29. The van der Waals surface area contributed by atoms with Crippen LogP contribution in [0.2, 0.25) is 5.02 Å². The van der Waals surface area contributed by atoms with E-state index in [9.17, 15) is 22.0 Å². The van der Waals surface area contributed by atoms with Crippen molar-refractivity contribution in [3.05, 3.63) is 40.0 Å². The second kappa shape index (κ2) is 9.59. The van der Waals surface area contributed by atoms with Crippen LogP contribution in [0.15, 0.2) is 12.1 Å². The van der Waals surface area contributed by atoms with Crippen molar-refractivity contribution in [3.63, 3.8) is 0 Å². The van der Waals surface area contributed by atoms with Crippen LogP contribution in [0.25, 0.3) is 11.4 Å². The van der Waals surface area contributed by atoms with E-state index < -0.39 is 27.6 Å². The Morgan fingerprint density at radius 2 is 1.94 bits per heavy atom. The van der Waals surface area contributed by atoms with Crippen molar-refractivity contribution in [2.45, 2.75) is 30.5 Å². The molecule has 3 heterocycles. The van der Waals surface area contributed by atoms with Gasteiger partial charge in [0.05, 0.1) is 34.4 Å². The molecule has 0 unspecified atom stereocenters. The summed E-state index contributed by atoms with van der Waals surface area (Å²) in [5.41, 5.74) is 0.483. The number of benzene rings is 1. The quantitative estimate of drug-likeness (QED) is 0.603. The van der Waals surface area contributed by atoms with Gasteiger partial charge in [-0.05, 0) is 12.1 Å². The Morgan fingerprint density at radius 1 is 1.24 bits per heavy atom. The third-order valence-corrected chi connectivity index (χ3v) is 7.53. The van der Waals surface area contributed by atoms with Crippen molar-refractivity contribution in [3.8, 4) is 11.4 Å². The number of carbonyl (C=O) groups excluding carboxylic acids is 1. The number of anilines is 1. The summed E-state index contributed by atoms with van der Waals surface area (Å²) in [5, 5.41) is 8.57. The highest BCUT2D eigenvalue weighted by Crippen LogP contribution is 2.35. The number of likely N-dealkylation sites (N-methyl/N-ethyl adjacent to an activating group) is 1. The minimum Gasteiger partial charge on any atom is -0.446 e. The molecule has 1 aromatic heterocycles. The summed E-state index contributed by atoms with van der Waals surface area (Å²) in [6, 6.07) is 1.72. The van der Waals surface area contributed by atoms with E-state index in [1.54, 1.807) is 0 Å². The van der Waals surface area contributed by atoms with E-state index in [2.05, 4.69) is 9.97 Å². The number of halogens is 3. The number of amides is 1. The molecule has 34 heavy (non-hydrogen) atoms. The molecule has 2 aromatic rings. The van der Waals surface area contributed by atoms with Crippen LogP contribution in [-0.2, 0) is 26.1 Å². The maximum atomic E-state index is 14.6.